The third kappa shape index (κ3) is 3.09. The molecule has 17 heavy (non-hydrogen) atoms. The summed E-state index contributed by atoms with van der Waals surface area (Å²) >= 11 is 6.75. The average Bonchev–Trinajstić information content (AvgIpc) is 2.68. The van der Waals surface area contributed by atoms with E-state index in [4.69, 9.17) is 4.74 Å². The van der Waals surface area contributed by atoms with Crippen LogP contribution >= 0.6 is 31.9 Å². The van der Waals surface area contributed by atoms with Crippen molar-refractivity contribution in [3.05, 3.63) is 32.7 Å². The van der Waals surface area contributed by atoms with Crippen LogP contribution in [0.25, 0.3) is 0 Å². The fourth-order valence-corrected chi connectivity index (χ4v) is 2.63. The van der Waals surface area contributed by atoms with Crippen LogP contribution in [0, 0.1) is 0 Å². The maximum atomic E-state index is 12.1. The Kier molecular flexibility index (Phi) is 4.22. The third-order valence-electron chi connectivity index (χ3n) is 2.87. The predicted octanol–water partition coefficient (Wildman–Crippen LogP) is 3.12. The summed E-state index contributed by atoms with van der Waals surface area (Å²) in [6.45, 7) is 2.69. The molecule has 5 heteroatoms. The number of ether oxygens (including phenoxy) is 1. The SMILES string of the molecule is CC1OCCC1NC(=O)c1cc(Br)ccc1Br. The maximum Gasteiger partial charge on any atom is 0.252 e. The van der Waals surface area contributed by atoms with Gasteiger partial charge in [0, 0.05) is 15.6 Å². The number of amides is 1. The first-order valence-corrected chi connectivity index (χ1v) is 7.04. The van der Waals surface area contributed by atoms with E-state index in [-0.39, 0.29) is 18.1 Å². The lowest BCUT2D eigenvalue weighted by molar-refractivity contribution is 0.0865. The molecule has 1 aromatic rings. The van der Waals surface area contributed by atoms with Crippen molar-refractivity contribution in [3.8, 4) is 0 Å². The van der Waals surface area contributed by atoms with E-state index in [9.17, 15) is 4.79 Å². The van der Waals surface area contributed by atoms with Crippen molar-refractivity contribution >= 4 is 37.8 Å². The smallest absolute Gasteiger partial charge is 0.252 e. The van der Waals surface area contributed by atoms with Crippen molar-refractivity contribution in [1.29, 1.82) is 0 Å². The van der Waals surface area contributed by atoms with Crippen molar-refractivity contribution in [2.45, 2.75) is 25.5 Å². The van der Waals surface area contributed by atoms with Crippen molar-refractivity contribution in [1.82, 2.24) is 5.32 Å². The van der Waals surface area contributed by atoms with Crippen LogP contribution in [0.3, 0.4) is 0 Å². The molecule has 0 radical (unpaired) electrons. The minimum Gasteiger partial charge on any atom is -0.376 e. The molecule has 1 amide bonds. The van der Waals surface area contributed by atoms with Gasteiger partial charge in [0.1, 0.15) is 0 Å². The highest BCUT2D eigenvalue weighted by atomic mass is 79.9. The molecule has 1 N–H and O–H groups in total. The van der Waals surface area contributed by atoms with Gasteiger partial charge >= 0.3 is 0 Å². The van der Waals surface area contributed by atoms with Gasteiger partial charge in [-0.3, -0.25) is 4.79 Å². The largest absolute Gasteiger partial charge is 0.376 e. The molecule has 2 atom stereocenters. The molecule has 3 nitrogen and oxygen atoms in total. The van der Waals surface area contributed by atoms with Crippen LogP contribution in [-0.4, -0.2) is 24.7 Å². The number of carbonyl (C=O) groups excluding carboxylic acids is 1. The quantitative estimate of drug-likeness (QED) is 0.877. The minimum absolute atomic E-state index is 0.0690. The Bertz CT molecular complexity index is 437. The molecule has 1 fully saturated rings. The van der Waals surface area contributed by atoms with E-state index in [1.807, 2.05) is 19.1 Å². The Morgan fingerprint density at radius 2 is 2.24 bits per heavy atom. The van der Waals surface area contributed by atoms with Gasteiger partial charge in [0.2, 0.25) is 0 Å². The van der Waals surface area contributed by atoms with Gasteiger partial charge in [-0.2, -0.15) is 0 Å². The summed E-state index contributed by atoms with van der Waals surface area (Å²) in [7, 11) is 0. The summed E-state index contributed by atoms with van der Waals surface area (Å²) in [5.41, 5.74) is 0.637. The van der Waals surface area contributed by atoms with Crippen LogP contribution in [0.4, 0.5) is 0 Å². The van der Waals surface area contributed by atoms with Crippen molar-refractivity contribution < 1.29 is 9.53 Å². The molecular weight excluding hydrogens is 350 g/mol. The molecule has 0 bridgehead atoms. The van der Waals surface area contributed by atoms with Crippen LogP contribution in [0.5, 0.6) is 0 Å². The molecule has 2 unspecified atom stereocenters. The normalized spacial score (nSPS) is 23.7. The summed E-state index contributed by atoms with van der Waals surface area (Å²) in [6.07, 6.45) is 0.961. The molecule has 0 aliphatic carbocycles. The van der Waals surface area contributed by atoms with E-state index in [0.29, 0.717) is 12.2 Å². The number of nitrogens with one attached hydrogen (secondary N) is 1. The summed E-state index contributed by atoms with van der Waals surface area (Å²) in [6, 6.07) is 5.66. The maximum absolute atomic E-state index is 12.1. The topological polar surface area (TPSA) is 38.3 Å². The average molecular weight is 363 g/mol. The van der Waals surface area contributed by atoms with E-state index in [1.54, 1.807) is 6.07 Å². The highest BCUT2D eigenvalue weighted by molar-refractivity contribution is 9.11. The summed E-state index contributed by atoms with van der Waals surface area (Å²) in [5, 5.41) is 3.00. The molecule has 1 aliphatic heterocycles. The van der Waals surface area contributed by atoms with Gasteiger partial charge in [-0.05, 0) is 47.5 Å². The number of hydrogen-bond acceptors (Lipinski definition) is 2. The Morgan fingerprint density at radius 3 is 2.88 bits per heavy atom. The molecule has 0 aromatic heterocycles. The number of hydrogen-bond donors (Lipinski definition) is 1. The zero-order chi connectivity index (χ0) is 12.4. The molecular formula is C12H13Br2NO2. The molecule has 0 saturated carbocycles. The summed E-state index contributed by atoms with van der Waals surface area (Å²) in [5.74, 6) is -0.0690. The van der Waals surface area contributed by atoms with Gasteiger partial charge in [0.15, 0.2) is 0 Å². The second-order valence-electron chi connectivity index (χ2n) is 4.07. The Hall–Kier alpha value is -0.390. The lowest BCUT2D eigenvalue weighted by atomic mass is 10.1. The highest BCUT2D eigenvalue weighted by Gasteiger charge is 2.26. The lowest BCUT2D eigenvalue weighted by Gasteiger charge is -2.16. The zero-order valence-electron chi connectivity index (χ0n) is 9.37. The van der Waals surface area contributed by atoms with Crippen LogP contribution < -0.4 is 5.32 Å². The first kappa shape index (κ1) is 13.1. The van der Waals surface area contributed by atoms with E-state index in [1.165, 1.54) is 0 Å². The van der Waals surface area contributed by atoms with Crippen LogP contribution in [0.15, 0.2) is 27.1 Å². The Balaban J connectivity index is 2.11. The van der Waals surface area contributed by atoms with Crippen LogP contribution in [0.1, 0.15) is 23.7 Å². The highest BCUT2D eigenvalue weighted by Crippen LogP contribution is 2.22. The Labute approximate surface area is 117 Å². The van der Waals surface area contributed by atoms with Crippen LogP contribution in [0.2, 0.25) is 0 Å². The standard InChI is InChI=1S/C12H13Br2NO2/c1-7-11(4-5-17-7)15-12(16)9-6-8(13)2-3-10(9)14/h2-3,6-7,11H,4-5H2,1H3,(H,15,16). The summed E-state index contributed by atoms with van der Waals surface area (Å²) in [4.78, 5) is 12.1. The molecule has 1 saturated heterocycles. The lowest BCUT2D eigenvalue weighted by Crippen LogP contribution is -2.39. The van der Waals surface area contributed by atoms with E-state index in [2.05, 4.69) is 37.2 Å². The van der Waals surface area contributed by atoms with E-state index < -0.39 is 0 Å². The number of benzene rings is 1. The number of rotatable bonds is 2. The van der Waals surface area contributed by atoms with Crippen LogP contribution in [-0.2, 0) is 4.74 Å². The van der Waals surface area contributed by atoms with Gasteiger partial charge < -0.3 is 10.1 Å². The minimum atomic E-state index is -0.0690. The first-order chi connectivity index (χ1) is 8.08. The van der Waals surface area contributed by atoms with Gasteiger partial charge in [-0.1, -0.05) is 15.9 Å². The molecule has 1 aliphatic rings. The number of carbonyl (C=O) groups is 1. The predicted molar refractivity (Wildman–Crippen MR) is 73.1 cm³/mol. The molecule has 2 rings (SSSR count). The fourth-order valence-electron chi connectivity index (χ4n) is 1.84. The third-order valence-corrected chi connectivity index (χ3v) is 4.05. The molecule has 1 heterocycles. The van der Waals surface area contributed by atoms with Gasteiger partial charge in [0.05, 0.1) is 17.7 Å². The Morgan fingerprint density at radius 1 is 1.47 bits per heavy atom. The van der Waals surface area contributed by atoms with Crippen molar-refractivity contribution in [2.24, 2.45) is 0 Å². The van der Waals surface area contributed by atoms with Gasteiger partial charge in [0.25, 0.3) is 5.91 Å². The van der Waals surface area contributed by atoms with E-state index in [0.717, 1.165) is 15.4 Å². The molecule has 0 spiro atoms. The zero-order valence-corrected chi connectivity index (χ0v) is 12.5. The monoisotopic (exact) mass is 361 g/mol. The van der Waals surface area contributed by atoms with Crippen molar-refractivity contribution in [3.63, 3.8) is 0 Å². The van der Waals surface area contributed by atoms with E-state index >= 15 is 0 Å². The molecule has 92 valence electrons. The fraction of sp³-hybridized carbons (Fsp3) is 0.417. The number of halogens is 2. The van der Waals surface area contributed by atoms with Gasteiger partial charge in [-0.15, -0.1) is 0 Å². The first-order valence-electron chi connectivity index (χ1n) is 5.45. The molecule has 1 aromatic carbocycles. The summed E-state index contributed by atoms with van der Waals surface area (Å²) < 4.78 is 7.11. The van der Waals surface area contributed by atoms with Crippen molar-refractivity contribution in [2.75, 3.05) is 6.61 Å². The van der Waals surface area contributed by atoms with Gasteiger partial charge in [-0.25, -0.2) is 0 Å². The second kappa shape index (κ2) is 5.50. The second-order valence-corrected chi connectivity index (χ2v) is 5.84.